The molecule has 0 N–H and O–H groups in total. The van der Waals surface area contributed by atoms with E-state index in [1.165, 1.54) is 13.4 Å². The van der Waals surface area contributed by atoms with Crippen LogP contribution in [0.1, 0.15) is 6.04 Å². The minimum Gasteiger partial charge on any atom is -0.467 e. The number of imidazole rings is 1. The highest BCUT2D eigenvalue weighted by molar-refractivity contribution is 9.10. The van der Waals surface area contributed by atoms with Gasteiger partial charge in [0.15, 0.2) is 6.04 Å². The van der Waals surface area contributed by atoms with Gasteiger partial charge in [-0.2, -0.15) is 0 Å². The van der Waals surface area contributed by atoms with Crippen molar-refractivity contribution < 1.29 is 14.3 Å². The highest BCUT2D eigenvalue weighted by Crippen LogP contribution is 2.28. The second-order valence-corrected chi connectivity index (χ2v) is 3.46. The summed E-state index contributed by atoms with van der Waals surface area (Å²) in [5.41, 5.74) is 0. The Hall–Kier alpha value is -1.30. The Morgan fingerprint density at radius 2 is 2.57 bits per heavy atom. The first-order chi connectivity index (χ1) is 6.74. The first-order valence-electron chi connectivity index (χ1n) is 3.88. The van der Waals surface area contributed by atoms with Crippen molar-refractivity contribution in [3.8, 4) is 6.01 Å². The average Bonchev–Trinajstić information content (AvgIpc) is 2.59. The first-order valence-corrected chi connectivity index (χ1v) is 4.67. The van der Waals surface area contributed by atoms with Crippen LogP contribution in [-0.2, 0) is 9.53 Å². The summed E-state index contributed by atoms with van der Waals surface area (Å²) < 4.78 is 12.0. The van der Waals surface area contributed by atoms with Gasteiger partial charge in [0.2, 0.25) is 0 Å². The van der Waals surface area contributed by atoms with Gasteiger partial charge in [0.05, 0.1) is 19.6 Å². The first kappa shape index (κ1) is 9.26. The van der Waals surface area contributed by atoms with Crippen LogP contribution in [0.15, 0.2) is 23.1 Å². The molecule has 1 unspecified atom stereocenters. The van der Waals surface area contributed by atoms with E-state index >= 15 is 0 Å². The lowest BCUT2D eigenvalue weighted by molar-refractivity contribution is -0.143. The number of esters is 1. The van der Waals surface area contributed by atoms with Crippen LogP contribution >= 0.6 is 15.9 Å². The third kappa shape index (κ3) is 1.31. The average molecular weight is 259 g/mol. The Labute approximate surface area is 88.5 Å². The minimum absolute atomic E-state index is 0.357. The van der Waals surface area contributed by atoms with E-state index in [4.69, 9.17) is 4.74 Å². The molecule has 0 aromatic carbocycles. The van der Waals surface area contributed by atoms with Crippen molar-refractivity contribution in [3.05, 3.63) is 23.1 Å². The molecule has 0 spiro atoms. The number of hydrogen-bond acceptors (Lipinski definition) is 4. The van der Waals surface area contributed by atoms with Gasteiger partial charge >= 0.3 is 12.0 Å². The van der Waals surface area contributed by atoms with Gasteiger partial charge in [0, 0.05) is 0 Å². The van der Waals surface area contributed by atoms with E-state index in [2.05, 4.69) is 25.7 Å². The number of methoxy groups -OCH3 is 1. The van der Waals surface area contributed by atoms with Gasteiger partial charge < -0.3 is 9.47 Å². The van der Waals surface area contributed by atoms with Crippen LogP contribution in [0.25, 0.3) is 0 Å². The Morgan fingerprint density at radius 3 is 3.29 bits per heavy atom. The van der Waals surface area contributed by atoms with Crippen molar-refractivity contribution in [1.29, 1.82) is 0 Å². The minimum atomic E-state index is -0.513. The maximum Gasteiger partial charge on any atom is 0.333 e. The van der Waals surface area contributed by atoms with Gasteiger partial charge in [-0.3, -0.25) is 4.57 Å². The molecule has 5 nitrogen and oxygen atoms in total. The number of aromatic nitrogens is 2. The summed E-state index contributed by atoms with van der Waals surface area (Å²) >= 11 is 3.27. The van der Waals surface area contributed by atoms with Gasteiger partial charge in [0.1, 0.15) is 4.60 Å². The fourth-order valence-corrected chi connectivity index (χ4v) is 1.70. The molecule has 14 heavy (non-hydrogen) atoms. The van der Waals surface area contributed by atoms with Crippen molar-refractivity contribution in [3.63, 3.8) is 0 Å². The number of rotatable bonds is 1. The standard InChI is InChI=1S/C8H7BrN2O3/c1-13-7(12)5-2-3-14-8-10-4-6(9)11(5)8/h2-5H,1H3. The fraction of sp³-hybridized carbons (Fsp3) is 0.250. The van der Waals surface area contributed by atoms with E-state index in [0.29, 0.717) is 10.6 Å². The van der Waals surface area contributed by atoms with Gasteiger partial charge in [-0.1, -0.05) is 0 Å². The smallest absolute Gasteiger partial charge is 0.333 e. The molecule has 1 aliphatic rings. The van der Waals surface area contributed by atoms with E-state index in [9.17, 15) is 4.79 Å². The molecule has 0 saturated heterocycles. The SMILES string of the molecule is COC(=O)C1C=COc2ncc(Br)n21. The normalized spacial score (nSPS) is 18.6. The zero-order chi connectivity index (χ0) is 10.1. The lowest BCUT2D eigenvalue weighted by Gasteiger charge is -2.18. The Kier molecular flexibility index (Phi) is 2.28. The quantitative estimate of drug-likeness (QED) is 0.712. The molecular weight excluding hydrogens is 252 g/mol. The van der Waals surface area contributed by atoms with E-state index < -0.39 is 6.04 Å². The molecule has 0 amide bonds. The summed E-state index contributed by atoms with van der Waals surface area (Å²) in [6, 6.07) is -0.143. The zero-order valence-corrected chi connectivity index (χ0v) is 8.89. The molecule has 0 saturated carbocycles. The van der Waals surface area contributed by atoms with E-state index in [-0.39, 0.29) is 5.97 Å². The molecule has 0 fully saturated rings. The van der Waals surface area contributed by atoms with Gasteiger partial charge in [0.25, 0.3) is 0 Å². The van der Waals surface area contributed by atoms with Crippen molar-refractivity contribution in [2.24, 2.45) is 0 Å². The monoisotopic (exact) mass is 258 g/mol. The molecule has 1 atom stereocenters. The number of nitrogens with zero attached hydrogens (tertiary/aromatic N) is 2. The molecule has 74 valence electrons. The van der Waals surface area contributed by atoms with Crippen molar-refractivity contribution >= 4 is 21.9 Å². The molecule has 1 aromatic rings. The van der Waals surface area contributed by atoms with Crippen molar-refractivity contribution in [2.45, 2.75) is 6.04 Å². The summed E-state index contributed by atoms with van der Waals surface area (Å²) in [4.78, 5) is 15.3. The topological polar surface area (TPSA) is 53.4 Å². The van der Waals surface area contributed by atoms with Gasteiger partial charge in [-0.05, 0) is 22.0 Å². The molecule has 2 rings (SSSR count). The number of halogens is 1. The van der Waals surface area contributed by atoms with Gasteiger partial charge in [-0.25, -0.2) is 9.78 Å². The Balaban J connectivity index is 2.43. The number of hydrogen-bond donors (Lipinski definition) is 0. The summed E-state index contributed by atoms with van der Waals surface area (Å²) in [5.74, 6) is -0.357. The van der Waals surface area contributed by atoms with E-state index in [1.807, 2.05) is 0 Å². The molecule has 1 aromatic heterocycles. The summed E-state index contributed by atoms with van der Waals surface area (Å²) in [7, 11) is 1.34. The molecular formula is C8H7BrN2O3. The van der Waals surface area contributed by atoms with Crippen LogP contribution in [0.3, 0.4) is 0 Å². The van der Waals surface area contributed by atoms with Crippen LogP contribution in [-0.4, -0.2) is 22.6 Å². The number of ether oxygens (including phenoxy) is 2. The third-order valence-electron chi connectivity index (χ3n) is 1.87. The third-order valence-corrected chi connectivity index (χ3v) is 2.46. The predicted octanol–water partition coefficient (Wildman–Crippen LogP) is 1.27. The Bertz CT molecular complexity index is 399. The van der Waals surface area contributed by atoms with Crippen molar-refractivity contribution in [2.75, 3.05) is 7.11 Å². The number of fused-ring (bicyclic) bond motifs is 1. The summed E-state index contributed by atoms with van der Waals surface area (Å²) in [5, 5.41) is 0. The van der Waals surface area contributed by atoms with Crippen LogP contribution in [0.2, 0.25) is 0 Å². The largest absolute Gasteiger partial charge is 0.467 e. The van der Waals surface area contributed by atoms with Gasteiger partial charge in [-0.15, -0.1) is 0 Å². The molecule has 0 aliphatic carbocycles. The second kappa shape index (κ2) is 3.45. The molecule has 0 radical (unpaired) electrons. The maximum absolute atomic E-state index is 11.4. The molecule has 0 bridgehead atoms. The van der Waals surface area contributed by atoms with E-state index in [1.54, 1.807) is 16.8 Å². The lowest BCUT2D eigenvalue weighted by atomic mass is 10.3. The van der Waals surface area contributed by atoms with Crippen LogP contribution in [0, 0.1) is 0 Å². The molecule has 2 heterocycles. The summed E-state index contributed by atoms with van der Waals surface area (Å²) in [6.07, 6.45) is 4.60. The lowest BCUT2D eigenvalue weighted by Crippen LogP contribution is -2.22. The van der Waals surface area contributed by atoms with E-state index in [0.717, 1.165) is 0 Å². The second-order valence-electron chi connectivity index (χ2n) is 2.65. The van der Waals surface area contributed by atoms with Crippen molar-refractivity contribution in [1.82, 2.24) is 9.55 Å². The maximum atomic E-state index is 11.4. The highest BCUT2D eigenvalue weighted by atomic mass is 79.9. The van der Waals surface area contributed by atoms with Crippen LogP contribution in [0.4, 0.5) is 0 Å². The summed E-state index contributed by atoms with van der Waals surface area (Å²) in [6.45, 7) is 0. The van der Waals surface area contributed by atoms with Crippen LogP contribution in [0.5, 0.6) is 6.01 Å². The Morgan fingerprint density at radius 1 is 1.79 bits per heavy atom. The highest BCUT2D eigenvalue weighted by Gasteiger charge is 2.26. The fourth-order valence-electron chi connectivity index (χ4n) is 1.23. The molecule has 6 heteroatoms. The number of carbonyl (C=O) groups is 1. The molecule has 1 aliphatic heterocycles. The number of carbonyl (C=O) groups excluding carboxylic acids is 1. The van der Waals surface area contributed by atoms with Crippen LogP contribution < -0.4 is 4.74 Å². The predicted molar refractivity (Wildman–Crippen MR) is 50.7 cm³/mol. The zero-order valence-electron chi connectivity index (χ0n) is 7.31.